The Hall–Kier alpha value is -0.700. The smallest absolute Gasteiger partial charge is 0.0489 e. The van der Waals surface area contributed by atoms with Crippen molar-refractivity contribution in [3.8, 4) is 23.7 Å². The molecule has 1 aromatic carbocycles. The first-order valence-electron chi connectivity index (χ1n) is 13.1. The van der Waals surface area contributed by atoms with Crippen molar-refractivity contribution >= 4 is 31.9 Å². The van der Waals surface area contributed by atoms with Crippen LogP contribution in [0.4, 0.5) is 0 Å². The van der Waals surface area contributed by atoms with Gasteiger partial charge in [-0.1, -0.05) is 103 Å². The van der Waals surface area contributed by atoms with Gasteiger partial charge in [-0.05, 0) is 81.5 Å². The number of hydrogen-bond donors (Lipinski definition) is 0. The highest BCUT2D eigenvalue weighted by Crippen LogP contribution is 2.37. The summed E-state index contributed by atoms with van der Waals surface area (Å²) in [5.41, 5.74) is 5.32. The number of unbranched alkanes of at least 4 members (excludes halogenated alkanes) is 10. The van der Waals surface area contributed by atoms with Gasteiger partial charge in [0.25, 0.3) is 0 Å². The van der Waals surface area contributed by atoms with Crippen LogP contribution in [-0.4, -0.2) is 0 Å². The van der Waals surface area contributed by atoms with E-state index >= 15 is 0 Å². The highest BCUT2D eigenvalue weighted by atomic mass is 79.9. The highest BCUT2D eigenvalue weighted by Gasteiger charge is 2.19. The summed E-state index contributed by atoms with van der Waals surface area (Å²) in [6.07, 6.45) is 19.1. The van der Waals surface area contributed by atoms with Crippen LogP contribution in [-0.2, 0) is 12.8 Å². The van der Waals surface area contributed by atoms with Gasteiger partial charge in [-0.25, -0.2) is 0 Å². The van der Waals surface area contributed by atoms with E-state index < -0.39 is 0 Å². The Labute approximate surface area is 216 Å². The summed E-state index contributed by atoms with van der Waals surface area (Å²) in [6, 6.07) is 0. The molecule has 1 rings (SSSR count). The SMILES string of the molecule is CCCCC#Cc1c(Br)c(Br)c(C#CCCCC)c(CCCCCC)c1CCCCCC. The number of halogens is 2. The Bertz CT molecular complexity index is 716. The number of benzene rings is 1. The van der Waals surface area contributed by atoms with Crippen LogP contribution in [0.25, 0.3) is 0 Å². The second-order valence-corrected chi connectivity index (χ2v) is 10.4. The van der Waals surface area contributed by atoms with Crippen molar-refractivity contribution in [2.45, 2.75) is 130 Å². The molecule has 0 atom stereocenters. The molecule has 0 saturated carbocycles. The van der Waals surface area contributed by atoms with Crippen LogP contribution in [0.15, 0.2) is 8.95 Å². The second-order valence-electron chi connectivity index (χ2n) is 8.77. The molecule has 32 heavy (non-hydrogen) atoms. The molecule has 0 aliphatic rings. The van der Waals surface area contributed by atoms with Gasteiger partial charge in [0.05, 0.1) is 0 Å². The Morgan fingerprint density at radius 3 is 1.22 bits per heavy atom. The van der Waals surface area contributed by atoms with E-state index in [4.69, 9.17) is 0 Å². The van der Waals surface area contributed by atoms with E-state index in [1.165, 1.54) is 99.3 Å². The molecule has 0 saturated heterocycles. The van der Waals surface area contributed by atoms with Crippen LogP contribution in [0.3, 0.4) is 0 Å². The maximum atomic E-state index is 3.91. The fourth-order valence-corrected chi connectivity index (χ4v) is 4.96. The summed E-state index contributed by atoms with van der Waals surface area (Å²) in [5, 5.41) is 0. The lowest BCUT2D eigenvalue weighted by Crippen LogP contribution is -2.05. The van der Waals surface area contributed by atoms with E-state index in [1.807, 2.05) is 0 Å². The molecule has 0 fully saturated rings. The van der Waals surface area contributed by atoms with Crippen LogP contribution in [0.1, 0.15) is 140 Å². The summed E-state index contributed by atoms with van der Waals surface area (Å²) < 4.78 is 2.20. The van der Waals surface area contributed by atoms with Gasteiger partial charge in [0.15, 0.2) is 0 Å². The zero-order valence-electron chi connectivity index (χ0n) is 21.1. The molecule has 2 heteroatoms. The topological polar surface area (TPSA) is 0 Å². The van der Waals surface area contributed by atoms with E-state index in [2.05, 4.69) is 83.2 Å². The van der Waals surface area contributed by atoms with Crippen molar-refractivity contribution in [3.63, 3.8) is 0 Å². The lowest BCUT2D eigenvalue weighted by molar-refractivity contribution is 0.649. The van der Waals surface area contributed by atoms with Crippen molar-refractivity contribution in [2.24, 2.45) is 0 Å². The Morgan fingerprint density at radius 2 is 0.875 bits per heavy atom. The molecule has 0 spiro atoms. The van der Waals surface area contributed by atoms with Crippen molar-refractivity contribution in [2.75, 3.05) is 0 Å². The fraction of sp³-hybridized carbons (Fsp3) is 0.667. The molecule has 0 unspecified atom stereocenters. The second kappa shape index (κ2) is 18.7. The first-order chi connectivity index (χ1) is 15.6. The van der Waals surface area contributed by atoms with E-state index in [0.717, 1.165) is 34.6 Å². The molecular weight excluding hydrogens is 520 g/mol. The van der Waals surface area contributed by atoms with E-state index in [0.29, 0.717) is 0 Å². The molecule has 0 aromatic heterocycles. The molecular formula is C30H44Br2. The van der Waals surface area contributed by atoms with Crippen molar-refractivity contribution < 1.29 is 0 Å². The first kappa shape index (κ1) is 29.3. The molecule has 0 bridgehead atoms. The number of hydrogen-bond acceptors (Lipinski definition) is 0. The molecule has 0 amide bonds. The molecule has 178 valence electrons. The Kier molecular flexibility index (Phi) is 17.1. The zero-order chi connectivity index (χ0) is 23.6. The maximum Gasteiger partial charge on any atom is 0.0489 e. The lowest BCUT2D eigenvalue weighted by atomic mass is 9.89. The Morgan fingerprint density at radius 1 is 0.500 bits per heavy atom. The van der Waals surface area contributed by atoms with Crippen LogP contribution in [0, 0.1) is 23.7 Å². The summed E-state index contributed by atoms with van der Waals surface area (Å²) in [4.78, 5) is 0. The van der Waals surface area contributed by atoms with Crippen LogP contribution < -0.4 is 0 Å². The number of rotatable bonds is 14. The Balaban J connectivity index is 3.48. The van der Waals surface area contributed by atoms with Gasteiger partial charge < -0.3 is 0 Å². The van der Waals surface area contributed by atoms with Gasteiger partial charge >= 0.3 is 0 Å². The van der Waals surface area contributed by atoms with Gasteiger partial charge in [-0.2, -0.15) is 0 Å². The van der Waals surface area contributed by atoms with Gasteiger partial charge in [0.2, 0.25) is 0 Å². The third-order valence-electron chi connectivity index (χ3n) is 5.90. The quantitative estimate of drug-likeness (QED) is 0.156. The predicted octanol–water partition coefficient (Wildman–Crippen LogP) is 10.5. The average Bonchev–Trinajstić information content (AvgIpc) is 2.80. The average molecular weight is 564 g/mol. The van der Waals surface area contributed by atoms with Crippen molar-refractivity contribution in [1.29, 1.82) is 0 Å². The molecule has 0 heterocycles. The van der Waals surface area contributed by atoms with Gasteiger partial charge in [0, 0.05) is 32.9 Å². The normalized spacial score (nSPS) is 10.4. The molecule has 0 radical (unpaired) electrons. The standard InChI is InChI=1S/C30H44Br2/c1-5-9-13-17-21-25-26(22-18-14-10-6-2)28(24-20-16-12-8-4)30(32)29(31)27(25)23-19-15-11-7-3/h5-18,21-22H2,1-4H3. The summed E-state index contributed by atoms with van der Waals surface area (Å²) in [6.45, 7) is 9.02. The zero-order valence-corrected chi connectivity index (χ0v) is 24.2. The molecule has 0 N–H and O–H groups in total. The maximum absolute atomic E-state index is 3.91. The van der Waals surface area contributed by atoms with Crippen molar-refractivity contribution in [3.05, 3.63) is 31.2 Å². The lowest BCUT2D eigenvalue weighted by Gasteiger charge is -2.19. The van der Waals surface area contributed by atoms with E-state index in [9.17, 15) is 0 Å². The highest BCUT2D eigenvalue weighted by molar-refractivity contribution is 9.13. The third kappa shape index (κ3) is 10.5. The molecule has 0 aliphatic heterocycles. The largest absolute Gasteiger partial charge is 0.0978 e. The van der Waals surface area contributed by atoms with Crippen LogP contribution in [0.2, 0.25) is 0 Å². The van der Waals surface area contributed by atoms with Gasteiger partial charge in [0.1, 0.15) is 0 Å². The minimum absolute atomic E-state index is 0.972. The predicted molar refractivity (Wildman–Crippen MR) is 150 cm³/mol. The third-order valence-corrected chi connectivity index (χ3v) is 8.02. The van der Waals surface area contributed by atoms with E-state index in [-0.39, 0.29) is 0 Å². The first-order valence-corrected chi connectivity index (χ1v) is 14.7. The monoisotopic (exact) mass is 562 g/mol. The summed E-state index contributed by atoms with van der Waals surface area (Å²) >= 11 is 7.81. The minimum Gasteiger partial charge on any atom is -0.0978 e. The van der Waals surface area contributed by atoms with E-state index in [1.54, 1.807) is 0 Å². The van der Waals surface area contributed by atoms with Gasteiger partial charge in [-0.3, -0.25) is 0 Å². The molecule has 1 aromatic rings. The van der Waals surface area contributed by atoms with Crippen molar-refractivity contribution in [1.82, 2.24) is 0 Å². The fourth-order valence-electron chi connectivity index (χ4n) is 3.89. The molecule has 0 aliphatic carbocycles. The molecule has 0 nitrogen and oxygen atoms in total. The summed E-state index contributed by atoms with van der Waals surface area (Å²) in [5.74, 6) is 14.1. The minimum atomic E-state index is 0.972. The van der Waals surface area contributed by atoms with Crippen LogP contribution >= 0.6 is 31.9 Å². The van der Waals surface area contributed by atoms with Crippen LogP contribution in [0.5, 0.6) is 0 Å². The van der Waals surface area contributed by atoms with Gasteiger partial charge in [-0.15, -0.1) is 0 Å². The summed E-state index contributed by atoms with van der Waals surface area (Å²) in [7, 11) is 0.